The van der Waals surface area contributed by atoms with E-state index in [0.717, 1.165) is 39.0 Å². The topological polar surface area (TPSA) is 16.4 Å². The molecule has 314 valence electrons. The molecule has 2 nitrogen and oxygen atoms in total. The summed E-state index contributed by atoms with van der Waals surface area (Å²) in [4.78, 5) is 2.55. The fourth-order valence-corrected chi connectivity index (χ4v) is 13.7. The molecule has 16 rings (SSSR count). The van der Waals surface area contributed by atoms with Crippen molar-refractivity contribution < 1.29 is 4.42 Å². The third-order valence-corrected chi connectivity index (χ3v) is 16.1. The Morgan fingerprint density at radius 2 is 0.750 bits per heavy atom. The van der Waals surface area contributed by atoms with Gasteiger partial charge in [-0.25, -0.2) is 0 Å². The second-order valence-electron chi connectivity index (χ2n) is 19.0. The highest BCUT2D eigenvalue weighted by Gasteiger charge is 2.54. The molecule has 11 aromatic carbocycles. The number of hydrogen-bond donors (Lipinski definition) is 0. The van der Waals surface area contributed by atoms with E-state index in [1.807, 2.05) is 0 Å². The third-order valence-electron chi connectivity index (χ3n) is 16.1. The molecule has 0 unspecified atom stereocenters. The zero-order valence-corrected chi connectivity index (χ0v) is 36.9. The van der Waals surface area contributed by atoms with Crippen LogP contribution in [0.2, 0.25) is 0 Å². The second-order valence-corrected chi connectivity index (χ2v) is 19.0. The van der Waals surface area contributed by atoms with Gasteiger partial charge in [-0.05, 0) is 125 Å². The van der Waals surface area contributed by atoms with E-state index in [9.17, 15) is 0 Å². The largest absolute Gasteiger partial charge is 0.454 e. The zero-order chi connectivity index (χ0) is 44.3. The number of rotatable bonds is 3. The van der Waals surface area contributed by atoms with Gasteiger partial charge in [0.25, 0.3) is 0 Å². The summed E-state index contributed by atoms with van der Waals surface area (Å²) in [6.45, 7) is 0. The van der Waals surface area contributed by atoms with Gasteiger partial charge in [0, 0.05) is 22.0 Å². The van der Waals surface area contributed by atoms with E-state index < -0.39 is 10.8 Å². The summed E-state index contributed by atoms with van der Waals surface area (Å²) in [5.41, 5.74) is 24.6. The summed E-state index contributed by atoms with van der Waals surface area (Å²) in [6.07, 6.45) is 0. The van der Waals surface area contributed by atoms with Crippen molar-refractivity contribution in [2.24, 2.45) is 0 Å². The monoisotopic (exact) mass is 861 g/mol. The van der Waals surface area contributed by atoms with Crippen molar-refractivity contribution in [3.63, 3.8) is 0 Å². The lowest BCUT2D eigenvalue weighted by atomic mass is 9.69. The summed E-state index contributed by atoms with van der Waals surface area (Å²) in [5, 5.41) is 4.63. The Morgan fingerprint density at radius 3 is 1.34 bits per heavy atom. The van der Waals surface area contributed by atoms with Gasteiger partial charge in [0.05, 0.1) is 22.2 Å². The molecule has 0 amide bonds. The number of nitrogens with zero attached hydrogens (tertiary/aromatic N) is 1. The average molecular weight is 862 g/mol. The molecule has 4 aliphatic carbocycles. The van der Waals surface area contributed by atoms with Crippen molar-refractivity contribution in [3.8, 4) is 44.5 Å². The molecule has 0 saturated carbocycles. The van der Waals surface area contributed by atoms with Gasteiger partial charge < -0.3 is 9.32 Å². The molecule has 0 saturated heterocycles. The van der Waals surface area contributed by atoms with Crippen LogP contribution in [0.1, 0.15) is 44.5 Å². The Bertz CT molecular complexity index is 4060. The van der Waals surface area contributed by atoms with Gasteiger partial charge in [-0.3, -0.25) is 0 Å². The van der Waals surface area contributed by atoms with E-state index in [1.165, 1.54) is 99.8 Å². The lowest BCUT2D eigenvalue weighted by molar-refractivity contribution is 0.669. The normalized spacial score (nSPS) is 14.4. The Kier molecular flexibility index (Phi) is 6.98. The molecule has 0 radical (unpaired) electrons. The van der Waals surface area contributed by atoms with E-state index in [1.54, 1.807) is 0 Å². The molecule has 12 aromatic rings. The molecule has 2 spiro atoms. The van der Waals surface area contributed by atoms with Crippen molar-refractivity contribution in [1.29, 1.82) is 0 Å². The summed E-state index contributed by atoms with van der Waals surface area (Å²) in [5.74, 6) is 0. The quantitative estimate of drug-likeness (QED) is 0.176. The van der Waals surface area contributed by atoms with Crippen molar-refractivity contribution in [2.75, 3.05) is 4.90 Å². The lowest BCUT2D eigenvalue weighted by Crippen LogP contribution is -2.28. The Hall–Kier alpha value is -8.72. The first-order valence-corrected chi connectivity index (χ1v) is 23.8. The highest BCUT2D eigenvalue weighted by atomic mass is 16.3. The molecular weight excluding hydrogens is 823 g/mol. The molecule has 0 aliphatic heterocycles. The van der Waals surface area contributed by atoms with E-state index in [4.69, 9.17) is 4.42 Å². The zero-order valence-electron chi connectivity index (χ0n) is 36.9. The molecular formula is C66H39NO. The summed E-state index contributed by atoms with van der Waals surface area (Å²) in [7, 11) is 0. The van der Waals surface area contributed by atoms with Crippen LogP contribution in [0.25, 0.3) is 77.2 Å². The maximum Gasteiger partial charge on any atom is 0.159 e. The Balaban J connectivity index is 1.05. The van der Waals surface area contributed by atoms with Gasteiger partial charge in [0.2, 0.25) is 0 Å². The van der Waals surface area contributed by atoms with Gasteiger partial charge in [-0.15, -0.1) is 0 Å². The summed E-state index contributed by atoms with van der Waals surface area (Å²) < 4.78 is 7.21. The molecule has 0 atom stereocenters. The van der Waals surface area contributed by atoms with Crippen LogP contribution in [0.3, 0.4) is 0 Å². The fraction of sp³-hybridized carbons (Fsp3) is 0.0303. The van der Waals surface area contributed by atoms with Crippen molar-refractivity contribution >= 4 is 49.8 Å². The number of anilines is 3. The van der Waals surface area contributed by atoms with Crippen LogP contribution in [0.5, 0.6) is 0 Å². The van der Waals surface area contributed by atoms with Crippen molar-refractivity contribution in [3.05, 3.63) is 281 Å². The Morgan fingerprint density at radius 1 is 0.309 bits per heavy atom. The summed E-state index contributed by atoms with van der Waals surface area (Å²) in [6, 6.07) is 88.7. The predicted molar refractivity (Wildman–Crippen MR) is 279 cm³/mol. The first-order chi connectivity index (χ1) is 33.8. The smallest absolute Gasteiger partial charge is 0.159 e. The molecule has 0 N–H and O–H groups in total. The fourth-order valence-electron chi connectivity index (χ4n) is 13.7. The predicted octanol–water partition coefficient (Wildman–Crippen LogP) is 16.9. The van der Waals surface area contributed by atoms with E-state index in [-0.39, 0.29) is 0 Å². The van der Waals surface area contributed by atoms with E-state index in [2.05, 4.69) is 241 Å². The number of hydrogen-bond acceptors (Lipinski definition) is 2. The van der Waals surface area contributed by atoms with Gasteiger partial charge in [0.1, 0.15) is 5.58 Å². The van der Waals surface area contributed by atoms with Crippen LogP contribution in [-0.2, 0) is 10.8 Å². The average Bonchev–Trinajstić information content (AvgIpc) is 4.18. The molecule has 1 heterocycles. The highest BCUT2D eigenvalue weighted by Crippen LogP contribution is 2.67. The third kappa shape index (κ3) is 4.26. The van der Waals surface area contributed by atoms with E-state index >= 15 is 0 Å². The van der Waals surface area contributed by atoms with Gasteiger partial charge in [-0.1, -0.05) is 206 Å². The minimum atomic E-state index is -0.580. The standard InChI is InChI=1S/C66H39NO/c1-2-18-42-40(17-1)35-38-61-62(42)51-26-16-34-60(64(51)68-61)67(41-36-37-49-47-23-5-11-29-54(47)65(58(49)39-41)52-27-9-3-19-43(52)44-20-4-10-28-53(44)65)59-33-15-25-50-48-24-8-14-32-57(48)66(63(50)59)55-30-12-6-21-45(55)46-22-7-13-31-56(46)66/h1-39H. The maximum atomic E-state index is 7.21. The molecule has 1 aromatic heterocycles. The summed E-state index contributed by atoms with van der Waals surface area (Å²) >= 11 is 0. The van der Waals surface area contributed by atoms with Gasteiger partial charge in [0.15, 0.2) is 5.58 Å². The van der Waals surface area contributed by atoms with Crippen LogP contribution >= 0.6 is 0 Å². The minimum absolute atomic E-state index is 0.509. The van der Waals surface area contributed by atoms with Crippen LogP contribution in [0.4, 0.5) is 17.1 Å². The number of fused-ring (bicyclic) bond motifs is 25. The van der Waals surface area contributed by atoms with Gasteiger partial charge in [-0.2, -0.15) is 0 Å². The van der Waals surface area contributed by atoms with Crippen LogP contribution in [0.15, 0.2) is 241 Å². The molecule has 0 bridgehead atoms. The van der Waals surface area contributed by atoms with E-state index in [0.29, 0.717) is 0 Å². The van der Waals surface area contributed by atoms with Crippen LogP contribution in [-0.4, -0.2) is 0 Å². The lowest BCUT2D eigenvalue weighted by Gasteiger charge is -2.36. The first kappa shape index (κ1) is 36.5. The highest BCUT2D eigenvalue weighted by molar-refractivity contribution is 6.21. The maximum absolute atomic E-state index is 7.21. The molecule has 4 aliphatic rings. The molecule has 0 fully saturated rings. The van der Waals surface area contributed by atoms with Crippen LogP contribution < -0.4 is 4.90 Å². The van der Waals surface area contributed by atoms with Crippen molar-refractivity contribution in [1.82, 2.24) is 0 Å². The van der Waals surface area contributed by atoms with Crippen LogP contribution in [0, 0.1) is 0 Å². The molecule has 2 heteroatoms. The van der Waals surface area contributed by atoms with Gasteiger partial charge >= 0.3 is 0 Å². The minimum Gasteiger partial charge on any atom is -0.454 e. The number of para-hydroxylation sites is 1. The Labute approximate surface area is 393 Å². The second kappa shape index (κ2) is 13.0. The number of benzene rings is 11. The first-order valence-electron chi connectivity index (χ1n) is 23.8. The van der Waals surface area contributed by atoms with Crippen molar-refractivity contribution in [2.45, 2.75) is 10.8 Å². The number of furan rings is 1. The molecule has 68 heavy (non-hydrogen) atoms. The SMILES string of the molecule is c1ccc2c(c1)-c1ccccc1C21c2ccccc2-c2ccc(N(c3cccc4c3C3(c5ccccc5-c5ccccc53)c3ccccc3-4)c3cccc4c3oc3ccc5ccccc5c34)cc21.